The van der Waals surface area contributed by atoms with Crippen molar-refractivity contribution < 1.29 is 37.6 Å². The number of nitrogens with two attached hydrogens (primary N) is 1. The number of phosphoric ester groups is 1. The van der Waals surface area contributed by atoms with Crippen LogP contribution in [-0.4, -0.2) is 49.3 Å². The predicted molar refractivity (Wildman–Crippen MR) is 257 cm³/mol. The Morgan fingerprint density at radius 2 is 0.852 bits per heavy atom. The summed E-state index contributed by atoms with van der Waals surface area (Å²) in [6, 6.07) is 0. The Kier molecular flexibility index (Phi) is 46.8. The molecule has 10 heteroatoms. The number of carbonyl (C=O) groups is 2. The van der Waals surface area contributed by atoms with Gasteiger partial charge >= 0.3 is 19.8 Å². The molecule has 9 nitrogen and oxygen atoms in total. The van der Waals surface area contributed by atoms with Gasteiger partial charge in [0.05, 0.1) is 13.2 Å². The first-order chi connectivity index (χ1) is 29.8. The molecule has 2 unspecified atom stereocenters. The third kappa shape index (κ3) is 47.8. The summed E-state index contributed by atoms with van der Waals surface area (Å²) in [5, 5.41) is 0. The first-order valence-corrected chi connectivity index (χ1v) is 27.3. The summed E-state index contributed by atoms with van der Waals surface area (Å²) < 4.78 is 32.9. The molecule has 2 atom stereocenters. The van der Waals surface area contributed by atoms with Crippen molar-refractivity contribution >= 4 is 19.8 Å². The molecule has 0 amide bonds. The second kappa shape index (κ2) is 48.0. The van der Waals surface area contributed by atoms with E-state index in [1.54, 1.807) is 0 Å². The molecular weight excluding hydrogens is 786 g/mol. The van der Waals surface area contributed by atoms with Crippen LogP contribution >= 0.6 is 7.82 Å². The Hall–Kier alpha value is -1.51. The van der Waals surface area contributed by atoms with Crippen LogP contribution in [0.25, 0.3) is 0 Å². The highest BCUT2D eigenvalue weighted by molar-refractivity contribution is 7.47. The van der Waals surface area contributed by atoms with E-state index in [0.717, 1.165) is 51.4 Å². The average molecular weight is 884 g/mol. The zero-order chi connectivity index (χ0) is 44.6. The number of unbranched alkanes of at least 4 members (excludes halogenated alkanes) is 32. The summed E-state index contributed by atoms with van der Waals surface area (Å²) in [5.74, 6) is -0.819. The Bertz CT molecular complexity index is 1050. The Labute approximate surface area is 376 Å². The molecule has 0 aromatic carbocycles. The number of allylic oxidation sites excluding steroid dienone is 4. The van der Waals surface area contributed by atoms with Gasteiger partial charge in [-0.2, -0.15) is 0 Å². The third-order valence-corrected chi connectivity index (χ3v) is 12.3. The smallest absolute Gasteiger partial charge is 0.462 e. The first-order valence-electron chi connectivity index (χ1n) is 25.8. The predicted octanol–water partition coefficient (Wildman–Crippen LogP) is 15.5. The van der Waals surface area contributed by atoms with Gasteiger partial charge in [0.15, 0.2) is 6.10 Å². The standard InChI is InChI=1S/C51H98NO8P/c1-3-5-7-9-11-13-15-17-19-21-23-24-26-27-29-31-33-35-37-39-41-43-50(53)57-47-49(48-59-61(55,56)58-46-45-52)60-51(54)44-42-40-38-36-34-32-30-28-25-22-20-18-16-14-12-10-8-6-4-2/h12,14,18,20,49H,3-11,13,15-17,19,21-48,52H2,1-2H3,(H,55,56). The zero-order valence-electron chi connectivity index (χ0n) is 39.9. The van der Waals surface area contributed by atoms with E-state index in [0.29, 0.717) is 6.42 Å². The van der Waals surface area contributed by atoms with Crippen LogP contribution in [0.3, 0.4) is 0 Å². The van der Waals surface area contributed by atoms with Crippen molar-refractivity contribution in [2.75, 3.05) is 26.4 Å². The van der Waals surface area contributed by atoms with E-state index < -0.39 is 26.5 Å². The molecule has 0 fully saturated rings. The molecule has 0 radical (unpaired) electrons. The molecule has 0 aromatic heterocycles. The van der Waals surface area contributed by atoms with E-state index in [9.17, 15) is 19.0 Å². The maximum Gasteiger partial charge on any atom is 0.472 e. The van der Waals surface area contributed by atoms with Crippen LogP contribution in [0.1, 0.15) is 258 Å². The van der Waals surface area contributed by atoms with Crippen molar-refractivity contribution in [2.45, 2.75) is 264 Å². The monoisotopic (exact) mass is 884 g/mol. The van der Waals surface area contributed by atoms with Crippen molar-refractivity contribution in [3.8, 4) is 0 Å². The van der Waals surface area contributed by atoms with Gasteiger partial charge in [-0.3, -0.25) is 18.6 Å². The van der Waals surface area contributed by atoms with Crippen LogP contribution in [0.2, 0.25) is 0 Å². The summed E-state index contributed by atoms with van der Waals surface area (Å²) in [5.41, 5.74) is 5.37. The molecule has 0 heterocycles. The summed E-state index contributed by atoms with van der Waals surface area (Å²) >= 11 is 0. The van der Waals surface area contributed by atoms with Crippen LogP contribution in [0.4, 0.5) is 0 Å². The highest BCUT2D eigenvalue weighted by Gasteiger charge is 2.26. The van der Waals surface area contributed by atoms with E-state index >= 15 is 0 Å². The lowest BCUT2D eigenvalue weighted by Gasteiger charge is -2.19. The largest absolute Gasteiger partial charge is 0.472 e. The molecule has 0 spiro atoms. The van der Waals surface area contributed by atoms with Gasteiger partial charge < -0.3 is 20.1 Å². The lowest BCUT2D eigenvalue weighted by atomic mass is 10.0. The normalized spacial score (nSPS) is 13.3. The van der Waals surface area contributed by atoms with Crippen molar-refractivity contribution in [2.24, 2.45) is 5.73 Å². The summed E-state index contributed by atoms with van der Waals surface area (Å²) in [6.07, 6.45) is 53.6. The first kappa shape index (κ1) is 59.5. The fourth-order valence-corrected chi connectivity index (χ4v) is 8.26. The highest BCUT2D eigenvalue weighted by atomic mass is 31.2. The molecular formula is C51H98NO8P. The maximum absolute atomic E-state index is 12.6. The maximum atomic E-state index is 12.6. The number of hydrogen-bond acceptors (Lipinski definition) is 8. The lowest BCUT2D eigenvalue weighted by Crippen LogP contribution is -2.29. The number of ether oxygens (including phenoxy) is 2. The minimum absolute atomic E-state index is 0.0546. The number of phosphoric acid groups is 1. The van der Waals surface area contributed by atoms with Gasteiger partial charge in [0, 0.05) is 19.4 Å². The topological polar surface area (TPSA) is 134 Å². The number of esters is 2. The van der Waals surface area contributed by atoms with Gasteiger partial charge in [-0.1, -0.05) is 224 Å². The molecule has 0 saturated carbocycles. The Morgan fingerprint density at radius 3 is 1.28 bits per heavy atom. The Balaban J connectivity index is 4.01. The quantitative estimate of drug-likeness (QED) is 0.0265. The van der Waals surface area contributed by atoms with Gasteiger partial charge in [0.1, 0.15) is 6.61 Å². The Morgan fingerprint density at radius 1 is 0.492 bits per heavy atom. The van der Waals surface area contributed by atoms with Crippen LogP contribution in [0.15, 0.2) is 24.3 Å². The van der Waals surface area contributed by atoms with E-state index in [1.165, 1.54) is 173 Å². The fraction of sp³-hybridized carbons (Fsp3) is 0.882. The number of carbonyl (C=O) groups excluding carboxylic acids is 2. The highest BCUT2D eigenvalue weighted by Crippen LogP contribution is 2.43. The second-order valence-electron chi connectivity index (χ2n) is 17.4. The minimum atomic E-state index is -4.38. The van der Waals surface area contributed by atoms with E-state index in [4.69, 9.17) is 24.3 Å². The molecule has 0 aliphatic rings. The van der Waals surface area contributed by atoms with Gasteiger partial charge in [0.25, 0.3) is 0 Å². The fourth-order valence-electron chi connectivity index (χ4n) is 7.49. The van der Waals surface area contributed by atoms with Gasteiger partial charge in [-0.15, -0.1) is 0 Å². The van der Waals surface area contributed by atoms with Gasteiger partial charge in [-0.25, -0.2) is 4.57 Å². The lowest BCUT2D eigenvalue weighted by molar-refractivity contribution is -0.161. The summed E-state index contributed by atoms with van der Waals surface area (Å²) in [4.78, 5) is 35.1. The van der Waals surface area contributed by atoms with E-state index in [-0.39, 0.29) is 38.6 Å². The van der Waals surface area contributed by atoms with Crippen LogP contribution < -0.4 is 5.73 Å². The summed E-state index contributed by atoms with van der Waals surface area (Å²) in [7, 11) is -4.38. The molecule has 0 aliphatic heterocycles. The molecule has 0 aromatic rings. The van der Waals surface area contributed by atoms with Gasteiger partial charge in [0.2, 0.25) is 0 Å². The van der Waals surface area contributed by atoms with E-state index in [2.05, 4.69) is 38.2 Å². The summed E-state index contributed by atoms with van der Waals surface area (Å²) in [6.45, 7) is 3.75. The van der Waals surface area contributed by atoms with E-state index in [1.807, 2.05) is 0 Å². The number of rotatable bonds is 49. The van der Waals surface area contributed by atoms with Gasteiger partial charge in [-0.05, 0) is 44.9 Å². The number of hydrogen-bond donors (Lipinski definition) is 2. The second-order valence-corrected chi connectivity index (χ2v) is 18.9. The molecule has 360 valence electrons. The zero-order valence-corrected chi connectivity index (χ0v) is 40.8. The molecule has 61 heavy (non-hydrogen) atoms. The average Bonchev–Trinajstić information content (AvgIpc) is 3.25. The molecule has 0 rings (SSSR count). The van der Waals surface area contributed by atoms with Crippen molar-refractivity contribution in [1.82, 2.24) is 0 Å². The van der Waals surface area contributed by atoms with Crippen LogP contribution in [0.5, 0.6) is 0 Å². The minimum Gasteiger partial charge on any atom is -0.462 e. The van der Waals surface area contributed by atoms with Crippen molar-refractivity contribution in [1.29, 1.82) is 0 Å². The SMILES string of the molecule is CCCCCC=CCC=CCCCCCCCCCCCC(=O)OC(COC(=O)CCCCCCCCCCCCCCCCCCCCCCC)COP(=O)(O)OCCN. The van der Waals surface area contributed by atoms with Crippen LogP contribution in [0, 0.1) is 0 Å². The van der Waals surface area contributed by atoms with Crippen LogP contribution in [-0.2, 0) is 32.7 Å². The van der Waals surface area contributed by atoms with Crippen molar-refractivity contribution in [3.05, 3.63) is 24.3 Å². The molecule has 0 bridgehead atoms. The van der Waals surface area contributed by atoms with Crippen molar-refractivity contribution in [3.63, 3.8) is 0 Å². The third-order valence-electron chi connectivity index (χ3n) is 11.3. The molecule has 0 aliphatic carbocycles. The molecule has 3 N–H and O–H groups in total. The molecule has 0 saturated heterocycles.